The smallest absolute Gasteiger partial charge is 0.153 e. The first kappa shape index (κ1) is 28.1. The van der Waals surface area contributed by atoms with Gasteiger partial charge in [0.15, 0.2) is 11.1 Å². The Morgan fingerprint density at radius 1 is 1.03 bits per heavy atom. The van der Waals surface area contributed by atoms with Gasteiger partial charge in [-0.05, 0) is 84.3 Å². The van der Waals surface area contributed by atoms with Gasteiger partial charge in [0.1, 0.15) is 33.7 Å². The van der Waals surface area contributed by atoms with Crippen LogP contribution in [0, 0.1) is 13.8 Å². The highest BCUT2D eigenvalue weighted by Crippen LogP contribution is 2.37. The predicted octanol–water partition coefficient (Wildman–Crippen LogP) is 5.45. The summed E-state index contributed by atoms with van der Waals surface area (Å²) in [5.41, 5.74) is 6.33. The van der Waals surface area contributed by atoms with Crippen molar-refractivity contribution in [1.29, 1.82) is 0 Å². The van der Waals surface area contributed by atoms with Crippen LogP contribution in [0.1, 0.15) is 41.0 Å². The van der Waals surface area contributed by atoms with Crippen molar-refractivity contribution < 1.29 is 31.4 Å². The summed E-state index contributed by atoms with van der Waals surface area (Å²) in [5.74, 6) is 2.46. The monoisotopic (exact) mass is 558 g/mol. The Bertz CT molecular complexity index is 1390. The second-order valence-corrected chi connectivity index (χ2v) is 13.0. The van der Waals surface area contributed by atoms with Crippen LogP contribution < -0.4 is 14.2 Å². The third kappa shape index (κ3) is 7.58. The Morgan fingerprint density at radius 2 is 1.79 bits per heavy atom. The molecule has 7 nitrogen and oxygen atoms in total. The summed E-state index contributed by atoms with van der Waals surface area (Å²) < 4.78 is 60.9. The van der Waals surface area contributed by atoms with Crippen LogP contribution >= 0.6 is 0 Å². The molecular weight excluding hydrogens is 524 g/mol. The first-order valence-electron chi connectivity index (χ1n) is 12.6. The second-order valence-electron chi connectivity index (χ2n) is 9.77. The van der Waals surface area contributed by atoms with Gasteiger partial charge >= 0.3 is 0 Å². The molecule has 1 N–H and O–H groups in total. The van der Waals surface area contributed by atoms with Crippen molar-refractivity contribution in [3.8, 4) is 28.4 Å². The average molecular weight is 559 g/mol. The fourth-order valence-electron chi connectivity index (χ4n) is 4.84. The molecule has 1 aliphatic heterocycles. The molecule has 38 heavy (non-hydrogen) atoms. The lowest BCUT2D eigenvalue weighted by Crippen LogP contribution is -2.19. The number of rotatable bonds is 11. The minimum absolute atomic E-state index is 0.00562. The quantitative estimate of drug-likeness (QED) is 0.247. The third-order valence-electron chi connectivity index (χ3n) is 6.55. The molecule has 204 valence electrons. The van der Waals surface area contributed by atoms with Gasteiger partial charge in [-0.15, -0.1) is 0 Å². The van der Waals surface area contributed by atoms with Crippen molar-refractivity contribution in [2.45, 2.75) is 39.2 Å². The maximum absolute atomic E-state index is 11.3. The zero-order valence-corrected chi connectivity index (χ0v) is 23.6. The molecule has 0 saturated heterocycles. The third-order valence-corrected chi connectivity index (χ3v) is 8.27. The second kappa shape index (κ2) is 12.3. The van der Waals surface area contributed by atoms with Crippen molar-refractivity contribution in [2.75, 3.05) is 31.0 Å². The molecule has 1 aliphatic rings. The normalized spacial score (nSPS) is 15.8. The molecule has 0 bridgehead atoms. The summed E-state index contributed by atoms with van der Waals surface area (Å²) in [7, 11) is -2.99. The molecule has 3 aromatic rings. The summed E-state index contributed by atoms with van der Waals surface area (Å²) in [5, 5.41) is 0. The van der Waals surface area contributed by atoms with E-state index in [9.17, 15) is 17.2 Å². The van der Waals surface area contributed by atoms with Gasteiger partial charge in [0.25, 0.3) is 0 Å². The molecule has 2 atom stereocenters. The number of aryl methyl sites for hydroxylation is 2. The summed E-state index contributed by atoms with van der Waals surface area (Å²) in [4.78, 5) is 0. The van der Waals surface area contributed by atoms with Gasteiger partial charge in [0.2, 0.25) is 0 Å². The summed E-state index contributed by atoms with van der Waals surface area (Å²) >= 11 is -1.85. The van der Waals surface area contributed by atoms with Crippen LogP contribution in [0.3, 0.4) is 0 Å². The number of hydrogen-bond donors (Lipinski definition) is 1. The van der Waals surface area contributed by atoms with Crippen LogP contribution in [0.4, 0.5) is 0 Å². The number of sulfone groups is 1. The highest BCUT2D eigenvalue weighted by molar-refractivity contribution is 7.90. The van der Waals surface area contributed by atoms with E-state index < -0.39 is 20.9 Å². The summed E-state index contributed by atoms with van der Waals surface area (Å²) in [6, 6.07) is 17.9. The van der Waals surface area contributed by atoms with Crippen molar-refractivity contribution in [1.82, 2.24) is 0 Å². The summed E-state index contributed by atoms with van der Waals surface area (Å²) in [6.45, 7) is 5.34. The van der Waals surface area contributed by atoms with E-state index in [4.69, 9.17) is 14.2 Å². The van der Waals surface area contributed by atoms with Crippen LogP contribution in [0.15, 0.2) is 54.6 Å². The molecular formula is C29H34O7S2. The minimum atomic E-state index is -2.99. The maximum atomic E-state index is 11.3. The van der Waals surface area contributed by atoms with Gasteiger partial charge < -0.3 is 18.8 Å². The fraction of sp³-hybridized carbons (Fsp3) is 0.379. The lowest BCUT2D eigenvalue weighted by atomic mass is 9.94. The number of ether oxygens (including phenoxy) is 3. The molecule has 0 fully saturated rings. The molecule has 0 aromatic heterocycles. The Kier molecular flexibility index (Phi) is 9.12. The van der Waals surface area contributed by atoms with E-state index >= 15 is 0 Å². The number of benzene rings is 3. The molecule has 0 spiro atoms. The molecule has 0 aliphatic carbocycles. The lowest BCUT2D eigenvalue weighted by molar-refractivity contribution is 0.265. The molecule has 1 heterocycles. The zero-order valence-electron chi connectivity index (χ0n) is 21.9. The highest BCUT2D eigenvalue weighted by Gasteiger charge is 2.23. The average Bonchev–Trinajstić information content (AvgIpc) is 2.84. The molecule has 0 amide bonds. The summed E-state index contributed by atoms with van der Waals surface area (Å²) in [6.07, 6.45) is 2.42. The van der Waals surface area contributed by atoms with Crippen molar-refractivity contribution in [2.24, 2.45) is 0 Å². The van der Waals surface area contributed by atoms with Gasteiger partial charge in [0, 0.05) is 18.2 Å². The first-order valence-corrected chi connectivity index (χ1v) is 15.9. The predicted molar refractivity (Wildman–Crippen MR) is 150 cm³/mol. The van der Waals surface area contributed by atoms with Gasteiger partial charge in [-0.2, -0.15) is 0 Å². The van der Waals surface area contributed by atoms with Crippen LogP contribution in [-0.2, 0) is 27.5 Å². The van der Waals surface area contributed by atoms with Crippen LogP contribution in [0.25, 0.3) is 11.1 Å². The first-order chi connectivity index (χ1) is 18.1. The Balaban J connectivity index is 1.43. The maximum Gasteiger partial charge on any atom is 0.153 e. The lowest BCUT2D eigenvalue weighted by Gasteiger charge is -2.25. The van der Waals surface area contributed by atoms with Crippen LogP contribution in [0.2, 0.25) is 0 Å². The Labute approximate surface area is 227 Å². The Morgan fingerprint density at radius 3 is 2.50 bits per heavy atom. The molecule has 9 heteroatoms. The van der Waals surface area contributed by atoms with Crippen molar-refractivity contribution in [3.05, 3.63) is 76.9 Å². The van der Waals surface area contributed by atoms with E-state index in [0.717, 1.165) is 45.6 Å². The van der Waals surface area contributed by atoms with Crippen molar-refractivity contribution >= 4 is 20.9 Å². The fourth-order valence-corrected chi connectivity index (χ4v) is 6.17. The van der Waals surface area contributed by atoms with Crippen LogP contribution in [-0.4, -0.2) is 48.2 Å². The Hall–Kier alpha value is -2.88. The van der Waals surface area contributed by atoms with E-state index in [-0.39, 0.29) is 17.4 Å². The topological polar surface area (TPSA) is 99.1 Å². The van der Waals surface area contributed by atoms with E-state index in [0.29, 0.717) is 37.7 Å². The van der Waals surface area contributed by atoms with Gasteiger partial charge in [-0.1, -0.05) is 24.3 Å². The van der Waals surface area contributed by atoms with Gasteiger partial charge in [-0.25, -0.2) is 12.6 Å². The number of fused-ring (bicyclic) bond motifs is 1. The van der Waals surface area contributed by atoms with E-state index in [1.807, 2.05) is 56.3 Å². The van der Waals surface area contributed by atoms with Crippen molar-refractivity contribution in [3.63, 3.8) is 0 Å². The van der Waals surface area contributed by atoms with E-state index in [1.54, 1.807) is 0 Å². The zero-order chi connectivity index (χ0) is 27.3. The molecule has 4 rings (SSSR count). The molecule has 3 aromatic carbocycles. The molecule has 0 radical (unpaired) electrons. The number of hydrogen-bond acceptors (Lipinski definition) is 6. The van der Waals surface area contributed by atoms with Gasteiger partial charge in [0.05, 0.1) is 24.7 Å². The minimum Gasteiger partial charge on any atom is -0.494 e. The largest absolute Gasteiger partial charge is 0.494 e. The van der Waals surface area contributed by atoms with Gasteiger partial charge in [-0.3, -0.25) is 0 Å². The SMILES string of the molecule is Cc1cc(OCCCS(C)(=O)=O)cc(C)c1-c1cccc(COc2ccc3c(c2)OCCC3CS(=O)O)c1. The standard InChI is InChI=1S/C29H34O7S2/c1-20-14-26(34-11-5-13-38(3,32)33)15-21(2)29(20)23-7-4-6-22(16-23)18-36-25-8-9-27-24(19-37(30)31)10-12-35-28(27)17-25/h4,6-9,14-17,24H,5,10-13,18-19H2,1-3H3,(H,30,31). The highest BCUT2D eigenvalue weighted by atomic mass is 32.2. The van der Waals surface area contributed by atoms with Crippen LogP contribution in [0.5, 0.6) is 17.2 Å². The van der Waals surface area contributed by atoms with E-state index in [2.05, 4.69) is 12.1 Å². The van der Waals surface area contributed by atoms with E-state index in [1.165, 1.54) is 6.26 Å². The molecule has 2 unspecified atom stereocenters. The molecule has 0 saturated carbocycles.